The van der Waals surface area contributed by atoms with E-state index in [1.165, 1.54) is 32.1 Å². The van der Waals surface area contributed by atoms with Crippen molar-refractivity contribution in [2.24, 2.45) is 5.10 Å². The van der Waals surface area contributed by atoms with Crippen LogP contribution in [0.1, 0.15) is 58.7 Å². The molecule has 18 heavy (non-hydrogen) atoms. The molecule has 1 aliphatic rings. The van der Waals surface area contributed by atoms with Crippen molar-refractivity contribution in [1.82, 2.24) is 14.9 Å². The Balaban J connectivity index is 1.92. The van der Waals surface area contributed by atoms with Gasteiger partial charge in [-0.1, -0.05) is 44.4 Å². The summed E-state index contributed by atoms with van der Waals surface area (Å²) in [7, 11) is 0. The predicted octanol–water partition coefficient (Wildman–Crippen LogP) is 3.51. The molecule has 0 N–H and O–H groups in total. The van der Waals surface area contributed by atoms with E-state index in [4.69, 9.17) is 0 Å². The summed E-state index contributed by atoms with van der Waals surface area (Å²) in [6.45, 7) is 6.47. The van der Waals surface area contributed by atoms with E-state index in [1.54, 1.807) is 11.8 Å². The number of fused-ring (bicyclic) bond motifs is 1. The largest absolute Gasteiger partial charge is 0.212 e. The zero-order valence-corrected chi connectivity index (χ0v) is 12.3. The maximum Gasteiger partial charge on any atom is 0.212 e. The first-order valence-corrected chi connectivity index (χ1v) is 7.76. The lowest BCUT2D eigenvalue weighted by atomic mass is 10.1. The number of unbranched alkanes of at least 4 members (excludes halogenated alkanes) is 4. The molecule has 0 amide bonds. The highest BCUT2D eigenvalue weighted by atomic mass is 32.2. The van der Waals surface area contributed by atoms with Crippen molar-refractivity contribution in [3.05, 3.63) is 5.82 Å². The van der Waals surface area contributed by atoms with Crippen molar-refractivity contribution >= 4 is 17.5 Å². The molecule has 0 aromatic carbocycles. The zero-order valence-electron chi connectivity index (χ0n) is 11.5. The van der Waals surface area contributed by atoms with E-state index in [1.807, 2.05) is 4.68 Å². The number of aryl methyl sites for hydroxylation is 1. The van der Waals surface area contributed by atoms with Crippen molar-refractivity contribution in [3.63, 3.8) is 0 Å². The van der Waals surface area contributed by atoms with Crippen molar-refractivity contribution in [2.75, 3.05) is 0 Å². The van der Waals surface area contributed by atoms with Crippen LogP contribution in [-0.4, -0.2) is 25.8 Å². The molecule has 0 spiro atoms. The Morgan fingerprint density at radius 1 is 1.17 bits per heavy atom. The Morgan fingerprint density at radius 2 is 1.94 bits per heavy atom. The Hall–Kier alpha value is -0.840. The van der Waals surface area contributed by atoms with Gasteiger partial charge < -0.3 is 0 Å². The second kappa shape index (κ2) is 6.36. The number of nitrogens with zero attached hydrogens (tertiary/aromatic N) is 4. The van der Waals surface area contributed by atoms with Gasteiger partial charge >= 0.3 is 0 Å². The number of rotatable bonds is 6. The van der Waals surface area contributed by atoms with Gasteiger partial charge in [0.2, 0.25) is 5.16 Å². The Kier molecular flexibility index (Phi) is 4.80. The van der Waals surface area contributed by atoms with E-state index < -0.39 is 0 Å². The van der Waals surface area contributed by atoms with Gasteiger partial charge in [0.1, 0.15) is 0 Å². The van der Waals surface area contributed by atoms with Gasteiger partial charge in [-0.2, -0.15) is 9.78 Å². The third-order valence-corrected chi connectivity index (χ3v) is 4.47. The Labute approximate surface area is 113 Å². The van der Waals surface area contributed by atoms with Crippen molar-refractivity contribution in [3.8, 4) is 0 Å². The third kappa shape index (κ3) is 3.13. The quantitative estimate of drug-likeness (QED) is 0.740. The summed E-state index contributed by atoms with van der Waals surface area (Å²) in [5, 5.41) is 14.4. The molecule has 0 saturated heterocycles. The second-order valence-corrected chi connectivity index (χ2v) is 6.18. The van der Waals surface area contributed by atoms with Gasteiger partial charge in [-0.15, -0.1) is 10.2 Å². The molecule has 0 aliphatic carbocycles. The first kappa shape index (κ1) is 13.6. The summed E-state index contributed by atoms with van der Waals surface area (Å²) in [5.74, 6) is 1.01. The average Bonchev–Trinajstić information content (AvgIpc) is 2.72. The fourth-order valence-electron chi connectivity index (χ4n) is 1.99. The molecular formula is C13H22N4S. The van der Waals surface area contributed by atoms with Crippen LogP contribution < -0.4 is 0 Å². The molecule has 2 rings (SSSR count). The molecule has 1 unspecified atom stereocenters. The minimum Gasteiger partial charge on any atom is -0.192 e. The maximum absolute atomic E-state index is 4.59. The summed E-state index contributed by atoms with van der Waals surface area (Å²) >= 11 is 1.75. The highest BCUT2D eigenvalue weighted by Crippen LogP contribution is 2.27. The van der Waals surface area contributed by atoms with Gasteiger partial charge in [0.15, 0.2) is 5.82 Å². The molecule has 1 aliphatic heterocycles. The smallest absolute Gasteiger partial charge is 0.192 e. The van der Waals surface area contributed by atoms with E-state index in [0.717, 1.165) is 23.1 Å². The summed E-state index contributed by atoms with van der Waals surface area (Å²) in [6.07, 6.45) is 7.41. The minimum atomic E-state index is 0.416. The molecule has 1 aromatic heterocycles. The Morgan fingerprint density at radius 3 is 2.72 bits per heavy atom. The van der Waals surface area contributed by atoms with Crippen LogP contribution in [0.5, 0.6) is 0 Å². The van der Waals surface area contributed by atoms with Crippen LogP contribution in [-0.2, 0) is 6.42 Å². The van der Waals surface area contributed by atoms with E-state index in [2.05, 4.69) is 36.1 Å². The maximum atomic E-state index is 4.59. The van der Waals surface area contributed by atoms with E-state index >= 15 is 0 Å². The van der Waals surface area contributed by atoms with Gasteiger partial charge in [0.05, 0.1) is 0 Å². The van der Waals surface area contributed by atoms with Crippen LogP contribution in [0.15, 0.2) is 10.3 Å². The van der Waals surface area contributed by atoms with Gasteiger partial charge in [0, 0.05) is 17.4 Å². The predicted molar refractivity (Wildman–Crippen MR) is 76.3 cm³/mol. The molecule has 1 atom stereocenters. The van der Waals surface area contributed by atoms with E-state index in [9.17, 15) is 0 Å². The molecule has 1 aromatic rings. The number of hydrogen-bond donors (Lipinski definition) is 0. The molecule has 0 radical (unpaired) electrons. The summed E-state index contributed by atoms with van der Waals surface area (Å²) in [5.41, 5.74) is 1.15. The topological polar surface area (TPSA) is 43.1 Å². The second-order valence-electron chi connectivity index (χ2n) is 4.88. The lowest BCUT2D eigenvalue weighted by molar-refractivity contribution is 0.604. The summed E-state index contributed by atoms with van der Waals surface area (Å²) < 4.78 is 1.93. The lowest BCUT2D eigenvalue weighted by Gasteiger charge is -2.16. The summed E-state index contributed by atoms with van der Waals surface area (Å²) in [6, 6.07) is 0. The van der Waals surface area contributed by atoms with Gasteiger partial charge in [-0.3, -0.25) is 0 Å². The first-order chi connectivity index (χ1) is 8.72. The van der Waals surface area contributed by atoms with Crippen molar-refractivity contribution in [1.29, 1.82) is 0 Å². The fourth-order valence-corrected chi connectivity index (χ4v) is 2.86. The van der Waals surface area contributed by atoms with Crippen molar-refractivity contribution in [2.45, 2.75) is 69.7 Å². The fraction of sp³-hybridized carbons (Fsp3) is 0.769. The van der Waals surface area contributed by atoms with Crippen molar-refractivity contribution < 1.29 is 0 Å². The molecule has 0 bridgehead atoms. The standard InChI is InChI=1S/C13H22N4S/c1-4-5-6-7-8-9-12-14-15-13-17(12)16-10(2)11(3)18-13/h11H,4-9H2,1-3H3. The number of hydrogen-bond acceptors (Lipinski definition) is 4. The Bertz CT molecular complexity index is 425. The SMILES string of the molecule is CCCCCCCc1nnc2n1N=C(C)C(C)S2. The molecule has 2 heterocycles. The molecular weight excluding hydrogens is 244 g/mol. The number of aromatic nitrogens is 3. The van der Waals surface area contributed by atoms with Gasteiger partial charge in [-0.25, -0.2) is 0 Å². The lowest BCUT2D eigenvalue weighted by Crippen LogP contribution is -2.18. The molecule has 5 heteroatoms. The van der Waals surface area contributed by atoms with Crippen LogP contribution in [0.25, 0.3) is 0 Å². The normalized spacial score (nSPS) is 18.6. The average molecular weight is 266 g/mol. The van der Waals surface area contributed by atoms with Crippen LogP contribution >= 0.6 is 11.8 Å². The van der Waals surface area contributed by atoms with Crippen LogP contribution in [0.3, 0.4) is 0 Å². The third-order valence-electron chi connectivity index (χ3n) is 3.31. The van der Waals surface area contributed by atoms with Crippen LogP contribution in [0.2, 0.25) is 0 Å². The molecule has 0 saturated carbocycles. The highest BCUT2D eigenvalue weighted by molar-refractivity contribution is 8.00. The van der Waals surface area contributed by atoms with E-state index in [0.29, 0.717) is 5.25 Å². The highest BCUT2D eigenvalue weighted by Gasteiger charge is 2.21. The van der Waals surface area contributed by atoms with Gasteiger partial charge in [0.25, 0.3) is 0 Å². The molecule has 0 fully saturated rings. The van der Waals surface area contributed by atoms with Crippen LogP contribution in [0.4, 0.5) is 0 Å². The zero-order chi connectivity index (χ0) is 13.0. The first-order valence-electron chi connectivity index (χ1n) is 6.88. The monoisotopic (exact) mass is 266 g/mol. The van der Waals surface area contributed by atoms with Gasteiger partial charge in [-0.05, 0) is 20.3 Å². The molecule has 4 nitrogen and oxygen atoms in total. The minimum absolute atomic E-state index is 0.416. The van der Waals surface area contributed by atoms with Crippen LogP contribution in [0, 0.1) is 0 Å². The molecule has 100 valence electrons. The summed E-state index contributed by atoms with van der Waals surface area (Å²) in [4.78, 5) is 0. The number of thioether (sulfide) groups is 1. The van der Waals surface area contributed by atoms with E-state index in [-0.39, 0.29) is 0 Å².